The molecule has 2 heterocycles. The zero-order chi connectivity index (χ0) is 16.2. The van der Waals surface area contributed by atoms with E-state index in [1.807, 2.05) is 18.7 Å². The quantitative estimate of drug-likeness (QED) is 0.793. The number of rotatable bonds is 6. The second kappa shape index (κ2) is 7.06. The summed E-state index contributed by atoms with van der Waals surface area (Å²) in [5.74, 6) is 0.551. The van der Waals surface area contributed by atoms with Gasteiger partial charge in [-0.2, -0.15) is 0 Å². The van der Waals surface area contributed by atoms with Crippen LogP contribution in [0.15, 0.2) is 23.2 Å². The van der Waals surface area contributed by atoms with E-state index in [4.69, 9.17) is 0 Å². The number of anilines is 1. The van der Waals surface area contributed by atoms with Gasteiger partial charge in [0.2, 0.25) is 15.9 Å². The second-order valence-corrected chi connectivity index (χ2v) is 7.15. The first kappa shape index (κ1) is 16.7. The minimum atomic E-state index is -3.55. The average Bonchev–Trinajstić information content (AvgIpc) is 2.47. The van der Waals surface area contributed by atoms with Crippen molar-refractivity contribution in [2.24, 2.45) is 0 Å². The summed E-state index contributed by atoms with van der Waals surface area (Å²) in [5, 5.41) is 2.74. The predicted octanol–water partition coefficient (Wildman–Crippen LogP) is 0.485. The van der Waals surface area contributed by atoms with E-state index in [2.05, 4.69) is 15.0 Å². The van der Waals surface area contributed by atoms with Gasteiger partial charge in [0.1, 0.15) is 10.7 Å². The zero-order valence-electron chi connectivity index (χ0n) is 12.9. The fraction of sp³-hybridized carbons (Fsp3) is 0.571. The summed E-state index contributed by atoms with van der Waals surface area (Å²) in [6.07, 6.45) is 3.04. The number of nitrogens with zero attached hydrogens (tertiary/aromatic N) is 2. The van der Waals surface area contributed by atoms with Crippen LogP contribution in [0.2, 0.25) is 0 Å². The van der Waals surface area contributed by atoms with Crippen LogP contribution in [0.1, 0.15) is 26.7 Å². The fourth-order valence-electron chi connectivity index (χ4n) is 2.38. The van der Waals surface area contributed by atoms with Crippen LogP contribution in [0.3, 0.4) is 0 Å². The largest absolute Gasteiger partial charge is 0.353 e. The van der Waals surface area contributed by atoms with Gasteiger partial charge in [0, 0.05) is 25.3 Å². The first-order chi connectivity index (χ1) is 10.4. The minimum absolute atomic E-state index is 0.0557. The third-order valence-corrected chi connectivity index (χ3v) is 5.05. The average molecular weight is 326 g/mol. The molecule has 1 aromatic rings. The summed E-state index contributed by atoms with van der Waals surface area (Å²) >= 11 is 0. The number of carbonyl (C=O) groups is 1. The second-order valence-electron chi connectivity index (χ2n) is 5.43. The molecular formula is C14H22N4O3S. The van der Waals surface area contributed by atoms with Crippen molar-refractivity contribution in [2.75, 3.05) is 24.5 Å². The number of hydrogen-bond donors (Lipinski definition) is 2. The topological polar surface area (TPSA) is 91.4 Å². The van der Waals surface area contributed by atoms with E-state index >= 15 is 0 Å². The van der Waals surface area contributed by atoms with E-state index in [0.717, 1.165) is 12.8 Å². The summed E-state index contributed by atoms with van der Waals surface area (Å²) in [7, 11) is -3.55. The number of amides is 1. The number of aromatic nitrogens is 1. The first-order valence-corrected chi connectivity index (χ1v) is 8.90. The van der Waals surface area contributed by atoms with Gasteiger partial charge in [-0.25, -0.2) is 18.1 Å². The van der Waals surface area contributed by atoms with E-state index in [-0.39, 0.29) is 23.4 Å². The maximum absolute atomic E-state index is 12.2. The van der Waals surface area contributed by atoms with Crippen molar-refractivity contribution in [2.45, 2.75) is 37.6 Å². The summed E-state index contributed by atoms with van der Waals surface area (Å²) in [6.45, 7) is 5.32. The molecule has 1 aliphatic heterocycles. The zero-order valence-corrected chi connectivity index (χ0v) is 13.7. The predicted molar refractivity (Wildman–Crippen MR) is 84.2 cm³/mol. The molecule has 1 aromatic heterocycles. The van der Waals surface area contributed by atoms with E-state index in [0.29, 0.717) is 18.9 Å². The Morgan fingerprint density at radius 1 is 1.45 bits per heavy atom. The molecule has 1 amide bonds. The molecule has 8 heteroatoms. The molecule has 0 aliphatic carbocycles. The molecule has 1 atom stereocenters. The normalized spacial score (nSPS) is 17.2. The summed E-state index contributed by atoms with van der Waals surface area (Å²) in [4.78, 5) is 17.5. The number of sulfonamides is 1. The Kier molecular flexibility index (Phi) is 5.36. The molecule has 0 aromatic carbocycles. The molecule has 122 valence electrons. The molecule has 2 rings (SSSR count). The van der Waals surface area contributed by atoms with Crippen molar-refractivity contribution >= 4 is 21.7 Å². The Hall–Kier alpha value is -1.67. The van der Waals surface area contributed by atoms with Gasteiger partial charge < -0.3 is 10.2 Å². The molecule has 0 spiro atoms. The highest BCUT2D eigenvalue weighted by molar-refractivity contribution is 7.89. The van der Waals surface area contributed by atoms with E-state index in [1.54, 1.807) is 6.07 Å². The number of carbonyl (C=O) groups excluding carboxylic acids is 1. The van der Waals surface area contributed by atoms with Gasteiger partial charge >= 0.3 is 0 Å². The van der Waals surface area contributed by atoms with Crippen LogP contribution < -0.4 is 14.9 Å². The highest BCUT2D eigenvalue weighted by Crippen LogP contribution is 2.15. The van der Waals surface area contributed by atoms with Gasteiger partial charge in [0.15, 0.2) is 0 Å². The summed E-state index contributed by atoms with van der Waals surface area (Å²) in [6, 6.07) is 3.05. The molecule has 1 unspecified atom stereocenters. The van der Waals surface area contributed by atoms with Crippen molar-refractivity contribution in [3.63, 3.8) is 0 Å². The molecule has 2 N–H and O–H groups in total. The maximum atomic E-state index is 12.2. The molecule has 0 radical (unpaired) electrons. The number of hydrogen-bond acceptors (Lipinski definition) is 5. The number of piperazine rings is 1. The summed E-state index contributed by atoms with van der Waals surface area (Å²) < 4.78 is 27.1. The fourth-order valence-corrected chi connectivity index (χ4v) is 3.60. The molecule has 1 fully saturated rings. The van der Waals surface area contributed by atoms with Crippen molar-refractivity contribution < 1.29 is 13.2 Å². The Labute approximate surface area is 131 Å². The van der Waals surface area contributed by atoms with Crippen molar-refractivity contribution in [1.82, 2.24) is 15.0 Å². The van der Waals surface area contributed by atoms with Crippen molar-refractivity contribution in [1.29, 1.82) is 0 Å². The molecule has 0 bridgehead atoms. The van der Waals surface area contributed by atoms with Crippen molar-refractivity contribution in [3.8, 4) is 0 Å². The SMILES string of the molecule is CCCC(C)NS(=O)(=O)c1ccc(N2CCNC(=O)C2)nc1. The lowest BCUT2D eigenvalue weighted by atomic mass is 10.2. The Morgan fingerprint density at radius 3 is 2.82 bits per heavy atom. The van der Waals surface area contributed by atoms with Gasteiger partial charge in [0.25, 0.3) is 0 Å². The van der Waals surface area contributed by atoms with E-state index in [9.17, 15) is 13.2 Å². The lowest BCUT2D eigenvalue weighted by Gasteiger charge is -2.27. The minimum Gasteiger partial charge on any atom is -0.353 e. The van der Waals surface area contributed by atoms with Crippen LogP contribution in [-0.4, -0.2) is 45.0 Å². The lowest BCUT2D eigenvalue weighted by molar-refractivity contribution is -0.120. The molecule has 1 saturated heterocycles. The van der Waals surface area contributed by atoms with Gasteiger partial charge in [0.05, 0.1) is 6.54 Å². The lowest BCUT2D eigenvalue weighted by Crippen LogP contribution is -2.48. The highest BCUT2D eigenvalue weighted by atomic mass is 32.2. The number of pyridine rings is 1. The van der Waals surface area contributed by atoms with Crippen molar-refractivity contribution in [3.05, 3.63) is 18.3 Å². The van der Waals surface area contributed by atoms with Gasteiger partial charge in [-0.05, 0) is 25.5 Å². The van der Waals surface area contributed by atoms with E-state index < -0.39 is 10.0 Å². The Bertz CT molecular complexity index is 615. The van der Waals surface area contributed by atoms with Gasteiger partial charge in [-0.3, -0.25) is 4.79 Å². The van der Waals surface area contributed by atoms with Crippen LogP contribution in [-0.2, 0) is 14.8 Å². The summed E-state index contributed by atoms with van der Waals surface area (Å²) in [5.41, 5.74) is 0. The molecule has 22 heavy (non-hydrogen) atoms. The highest BCUT2D eigenvalue weighted by Gasteiger charge is 2.20. The van der Waals surface area contributed by atoms with Gasteiger partial charge in [-0.1, -0.05) is 13.3 Å². The van der Waals surface area contributed by atoms with Gasteiger partial charge in [-0.15, -0.1) is 0 Å². The van der Waals surface area contributed by atoms with Crippen LogP contribution in [0.25, 0.3) is 0 Å². The maximum Gasteiger partial charge on any atom is 0.242 e. The molecule has 0 saturated carbocycles. The third kappa shape index (κ3) is 4.17. The van der Waals surface area contributed by atoms with Crippen LogP contribution in [0, 0.1) is 0 Å². The first-order valence-electron chi connectivity index (χ1n) is 7.42. The third-order valence-electron chi connectivity index (χ3n) is 3.47. The van der Waals surface area contributed by atoms with E-state index in [1.165, 1.54) is 12.3 Å². The molecule has 7 nitrogen and oxygen atoms in total. The number of nitrogens with one attached hydrogen (secondary N) is 2. The Balaban J connectivity index is 2.09. The molecule has 1 aliphatic rings. The standard InChI is InChI=1S/C14H22N4O3S/c1-3-4-11(2)17-22(20,21)12-5-6-13(16-9-12)18-8-7-15-14(19)10-18/h5-6,9,11,17H,3-4,7-8,10H2,1-2H3,(H,15,19). The van der Waals surface area contributed by atoms with Crippen LogP contribution in [0.5, 0.6) is 0 Å². The molecular weight excluding hydrogens is 304 g/mol. The monoisotopic (exact) mass is 326 g/mol. The van der Waals surface area contributed by atoms with Crippen LogP contribution in [0.4, 0.5) is 5.82 Å². The Morgan fingerprint density at radius 2 is 2.23 bits per heavy atom. The van der Waals surface area contributed by atoms with Crippen LogP contribution >= 0.6 is 0 Å². The smallest absolute Gasteiger partial charge is 0.242 e.